The van der Waals surface area contributed by atoms with Gasteiger partial charge in [0, 0.05) is 6.04 Å². The summed E-state index contributed by atoms with van der Waals surface area (Å²) >= 11 is 0. The zero-order valence-electron chi connectivity index (χ0n) is 9.75. The standard InChI is InChI=1S/C14H16N2O/c15-10-16(11-17)14-8-6-13(7-9-14)12-4-2-1-3-5-12/h1-5,11,13-14H,6-9H2. The highest BCUT2D eigenvalue weighted by molar-refractivity contribution is 5.50. The van der Waals surface area contributed by atoms with E-state index >= 15 is 0 Å². The molecule has 1 aliphatic carbocycles. The molecule has 1 aromatic rings. The molecule has 1 fully saturated rings. The lowest BCUT2D eigenvalue weighted by Crippen LogP contribution is -2.33. The van der Waals surface area contributed by atoms with Gasteiger partial charge in [0.1, 0.15) is 0 Å². The zero-order valence-corrected chi connectivity index (χ0v) is 9.75. The van der Waals surface area contributed by atoms with Crippen LogP contribution in [-0.4, -0.2) is 17.4 Å². The Morgan fingerprint density at radius 1 is 1.18 bits per heavy atom. The predicted molar refractivity (Wildman–Crippen MR) is 65.0 cm³/mol. The second kappa shape index (κ2) is 5.49. The van der Waals surface area contributed by atoms with Gasteiger partial charge in [0.2, 0.25) is 6.41 Å². The maximum atomic E-state index is 10.7. The molecule has 1 aliphatic rings. The molecule has 1 aromatic carbocycles. The molecule has 0 heterocycles. The Bertz CT molecular complexity index is 402. The van der Waals surface area contributed by atoms with Gasteiger partial charge >= 0.3 is 0 Å². The molecule has 0 unspecified atom stereocenters. The first-order valence-electron chi connectivity index (χ1n) is 6.03. The van der Waals surface area contributed by atoms with Crippen molar-refractivity contribution in [3.63, 3.8) is 0 Å². The number of nitrogens with zero attached hydrogens (tertiary/aromatic N) is 2. The van der Waals surface area contributed by atoms with Crippen LogP contribution in [0, 0.1) is 11.5 Å². The molecule has 0 aromatic heterocycles. The van der Waals surface area contributed by atoms with Crippen LogP contribution in [0.3, 0.4) is 0 Å². The number of benzene rings is 1. The number of rotatable bonds is 3. The topological polar surface area (TPSA) is 44.1 Å². The Hall–Kier alpha value is -1.82. The van der Waals surface area contributed by atoms with Gasteiger partial charge in [0.25, 0.3) is 0 Å². The third-order valence-electron chi connectivity index (χ3n) is 3.59. The summed E-state index contributed by atoms with van der Waals surface area (Å²) in [7, 11) is 0. The van der Waals surface area contributed by atoms with Gasteiger partial charge in [-0.2, -0.15) is 5.26 Å². The van der Waals surface area contributed by atoms with E-state index in [0.29, 0.717) is 12.3 Å². The molecule has 3 heteroatoms. The van der Waals surface area contributed by atoms with Crippen LogP contribution in [0.4, 0.5) is 0 Å². The van der Waals surface area contributed by atoms with E-state index in [1.54, 1.807) is 0 Å². The van der Waals surface area contributed by atoms with E-state index in [-0.39, 0.29) is 6.04 Å². The smallest absolute Gasteiger partial charge is 0.223 e. The molecule has 2 rings (SSSR count). The summed E-state index contributed by atoms with van der Waals surface area (Å²) in [5, 5.41) is 8.81. The molecule has 88 valence electrons. The van der Waals surface area contributed by atoms with E-state index in [9.17, 15) is 4.79 Å². The van der Waals surface area contributed by atoms with Gasteiger partial charge in [-0.1, -0.05) is 30.3 Å². The molecular formula is C14H16N2O. The third kappa shape index (κ3) is 2.65. The first-order chi connectivity index (χ1) is 8.35. The van der Waals surface area contributed by atoms with Crippen molar-refractivity contribution in [2.75, 3.05) is 0 Å². The van der Waals surface area contributed by atoms with Crippen molar-refractivity contribution in [3.05, 3.63) is 35.9 Å². The van der Waals surface area contributed by atoms with Crippen molar-refractivity contribution < 1.29 is 4.79 Å². The van der Waals surface area contributed by atoms with Crippen LogP contribution < -0.4 is 0 Å². The maximum Gasteiger partial charge on any atom is 0.223 e. The van der Waals surface area contributed by atoms with Gasteiger partial charge in [0.15, 0.2) is 6.19 Å². The van der Waals surface area contributed by atoms with Gasteiger partial charge < -0.3 is 0 Å². The normalized spacial score (nSPS) is 23.7. The van der Waals surface area contributed by atoms with Gasteiger partial charge in [-0.05, 0) is 37.2 Å². The Morgan fingerprint density at radius 3 is 2.35 bits per heavy atom. The number of hydrogen-bond acceptors (Lipinski definition) is 2. The molecule has 0 N–H and O–H groups in total. The summed E-state index contributed by atoms with van der Waals surface area (Å²) in [6, 6.07) is 10.6. The molecule has 0 atom stereocenters. The quantitative estimate of drug-likeness (QED) is 0.453. The van der Waals surface area contributed by atoms with Crippen molar-refractivity contribution in [2.45, 2.75) is 37.6 Å². The molecule has 0 saturated heterocycles. The molecular weight excluding hydrogens is 212 g/mol. The highest BCUT2D eigenvalue weighted by Gasteiger charge is 2.25. The number of carbonyl (C=O) groups is 1. The van der Waals surface area contributed by atoms with Gasteiger partial charge in [-0.3, -0.25) is 4.79 Å². The maximum absolute atomic E-state index is 10.7. The molecule has 1 amide bonds. The summed E-state index contributed by atoms with van der Waals surface area (Å²) in [6.45, 7) is 0. The second-order valence-corrected chi connectivity index (χ2v) is 4.53. The Morgan fingerprint density at radius 2 is 1.82 bits per heavy atom. The molecule has 3 nitrogen and oxygen atoms in total. The van der Waals surface area contributed by atoms with E-state index in [2.05, 4.69) is 24.3 Å². The highest BCUT2D eigenvalue weighted by Crippen LogP contribution is 2.34. The molecule has 0 radical (unpaired) electrons. The largest absolute Gasteiger partial charge is 0.278 e. The van der Waals surface area contributed by atoms with Gasteiger partial charge in [0.05, 0.1) is 0 Å². The van der Waals surface area contributed by atoms with Crippen molar-refractivity contribution in [3.8, 4) is 6.19 Å². The Kier molecular flexibility index (Phi) is 3.77. The lowest BCUT2D eigenvalue weighted by molar-refractivity contribution is -0.117. The Labute approximate surface area is 102 Å². The van der Waals surface area contributed by atoms with E-state index < -0.39 is 0 Å². The van der Waals surface area contributed by atoms with Gasteiger partial charge in [-0.25, -0.2) is 4.90 Å². The van der Waals surface area contributed by atoms with Crippen LogP contribution in [-0.2, 0) is 4.79 Å². The summed E-state index contributed by atoms with van der Waals surface area (Å²) in [5.41, 5.74) is 1.38. The lowest BCUT2D eigenvalue weighted by atomic mass is 9.81. The highest BCUT2D eigenvalue weighted by atomic mass is 16.1. The molecule has 0 aliphatic heterocycles. The Balaban J connectivity index is 1.95. The van der Waals surface area contributed by atoms with E-state index in [1.165, 1.54) is 10.5 Å². The van der Waals surface area contributed by atoms with Crippen LogP contribution in [0.2, 0.25) is 0 Å². The van der Waals surface area contributed by atoms with Gasteiger partial charge in [-0.15, -0.1) is 0 Å². The zero-order chi connectivity index (χ0) is 12.1. The van der Waals surface area contributed by atoms with E-state index in [0.717, 1.165) is 25.7 Å². The molecule has 0 spiro atoms. The first kappa shape index (κ1) is 11.7. The van der Waals surface area contributed by atoms with E-state index in [4.69, 9.17) is 5.26 Å². The minimum absolute atomic E-state index is 0.109. The monoisotopic (exact) mass is 228 g/mol. The van der Waals surface area contributed by atoms with Crippen molar-refractivity contribution >= 4 is 6.41 Å². The van der Waals surface area contributed by atoms with E-state index in [1.807, 2.05) is 12.3 Å². The van der Waals surface area contributed by atoms with Crippen molar-refractivity contribution in [1.29, 1.82) is 5.26 Å². The summed E-state index contributed by atoms with van der Waals surface area (Å²) < 4.78 is 0. The second-order valence-electron chi connectivity index (χ2n) is 4.53. The lowest BCUT2D eigenvalue weighted by Gasteiger charge is -2.31. The fraction of sp³-hybridized carbons (Fsp3) is 0.429. The SMILES string of the molecule is N#CN(C=O)C1CCC(c2ccccc2)CC1. The molecule has 17 heavy (non-hydrogen) atoms. The minimum Gasteiger partial charge on any atom is -0.278 e. The summed E-state index contributed by atoms with van der Waals surface area (Å²) in [6.07, 6.45) is 6.55. The summed E-state index contributed by atoms with van der Waals surface area (Å²) in [4.78, 5) is 11.9. The fourth-order valence-electron chi connectivity index (χ4n) is 2.60. The molecule has 0 bridgehead atoms. The third-order valence-corrected chi connectivity index (χ3v) is 3.59. The van der Waals surface area contributed by atoms with Crippen LogP contribution in [0.5, 0.6) is 0 Å². The molecule has 1 saturated carbocycles. The van der Waals surface area contributed by atoms with Crippen LogP contribution in [0.1, 0.15) is 37.2 Å². The van der Waals surface area contributed by atoms with Crippen molar-refractivity contribution in [2.24, 2.45) is 0 Å². The number of nitriles is 1. The number of amides is 1. The van der Waals surface area contributed by atoms with Crippen LogP contribution in [0.25, 0.3) is 0 Å². The van der Waals surface area contributed by atoms with Crippen molar-refractivity contribution in [1.82, 2.24) is 4.90 Å². The summed E-state index contributed by atoms with van der Waals surface area (Å²) in [5.74, 6) is 0.583. The first-order valence-corrected chi connectivity index (χ1v) is 6.03. The predicted octanol–water partition coefficient (Wildman–Crippen LogP) is 2.65. The van der Waals surface area contributed by atoms with Crippen LogP contribution >= 0.6 is 0 Å². The minimum atomic E-state index is 0.109. The average molecular weight is 228 g/mol. The fourth-order valence-corrected chi connectivity index (χ4v) is 2.60. The van der Waals surface area contributed by atoms with Crippen LogP contribution in [0.15, 0.2) is 30.3 Å². The number of hydrogen-bond donors (Lipinski definition) is 0. The number of carbonyl (C=O) groups excluding carboxylic acids is 1. The average Bonchev–Trinajstić information content (AvgIpc) is 2.42.